The monoisotopic (exact) mass is 400 g/mol. The van der Waals surface area contributed by atoms with Gasteiger partial charge in [-0.25, -0.2) is 4.79 Å². The largest absolute Gasteiger partial charge is 0.483 e. The van der Waals surface area contributed by atoms with Crippen molar-refractivity contribution in [2.24, 2.45) is 0 Å². The van der Waals surface area contributed by atoms with Gasteiger partial charge in [-0.3, -0.25) is 4.79 Å². The minimum Gasteiger partial charge on any atom is -0.483 e. The Kier molecular flexibility index (Phi) is 5.56. The number of para-hydroxylation sites is 1. The molecular weight excluding hydrogens is 380 g/mol. The molecule has 0 saturated heterocycles. The summed E-state index contributed by atoms with van der Waals surface area (Å²) in [5.41, 5.74) is 1.06. The van der Waals surface area contributed by atoms with E-state index in [9.17, 15) is 9.59 Å². The van der Waals surface area contributed by atoms with Crippen molar-refractivity contribution >= 4 is 28.2 Å². The van der Waals surface area contributed by atoms with Crippen molar-refractivity contribution in [3.8, 4) is 17.6 Å². The fraction of sp³-hybridized carbons (Fsp3) is 0.350. The molecule has 1 amide bonds. The lowest BCUT2D eigenvalue weighted by Gasteiger charge is -2.18. The molecule has 1 N–H and O–H groups in total. The third kappa shape index (κ3) is 4.43. The number of nitrogens with zero attached hydrogens (tertiary/aromatic N) is 1. The van der Waals surface area contributed by atoms with Gasteiger partial charge < -0.3 is 19.5 Å². The molecule has 1 aliphatic heterocycles. The molecule has 28 heavy (non-hydrogen) atoms. The van der Waals surface area contributed by atoms with Crippen molar-refractivity contribution in [2.75, 3.05) is 11.9 Å². The van der Waals surface area contributed by atoms with E-state index >= 15 is 0 Å². The average Bonchev–Trinajstić information content (AvgIpc) is 3.21. The molecule has 1 aliphatic rings. The molecular formula is C20H20N2O5S. The van der Waals surface area contributed by atoms with Crippen molar-refractivity contribution in [3.05, 3.63) is 40.8 Å². The minimum atomic E-state index is -1.03. The normalized spacial score (nSPS) is 14.9. The number of hydrogen-bond acceptors (Lipinski definition) is 7. The molecule has 146 valence electrons. The summed E-state index contributed by atoms with van der Waals surface area (Å²) >= 11 is 1.22. The number of anilines is 1. The van der Waals surface area contributed by atoms with Gasteiger partial charge >= 0.3 is 5.97 Å². The maximum absolute atomic E-state index is 12.2. The van der Waals surface area contributed by atoms with E-state index in [2.05, 4.69) is 5.32 Å². The molecule has 1 unspecified atom stereocenters. The summed E-state index contributed by atoms with van der Waals surface area (Å²) in [7, 11) is 0. The van der Waals surface area contributed by atoms with E-state index in [1.54, 1.807) is 17.5 Å². The van der Waals surface area contributed by atoms with Crippen LogP contribution >= 0.6 is 11.3 Å². The number of benzene rings is 1. The van der Waals surface area contributed by atoms with Crippen LogP contribution in [0.4, 0.5) is 5.00 Å². The van der Waals surface area contributed by atoms with Crippen LogP contribution in [0, 0.1) is 11.3 Å². The number of nitrogens with one attached hydrogen (secondary N) is 1. The van der Waals surface area contributed by atoms with Gasteiger partial charge in [-0.2, -0.15) is 5.26 Å². The van der Waals surface area contributed by atoms with Crippen molar-refractivity contribution in [3.63, 3.8) is 0 Å². The second kappa shape index (κ2) is 7.90. The quantitative estimate of drug-likeness (QED) is 0.748. The zero-order valence-corrected chi connectivity index (χ0v) is 16.6. The van der Waals surface area contributed by atoms with Gasteiger partial charge in [0.05, 0.1) is 5.56 Å². The Balaban J connectivity index is 1.53. The zero-order chi connectivity index (χ0) is 20.3. The van der Waals surface area contributed by atoms with Gasteiger partial charge in [0.15, 0.2) is 24.2 Å². The average molecular weight is 400 g/mol. The lowest BCUT2D eigenvalue weighted by atomic mass is 10.0. The van der Waals surface area contributed by atoms with Gasteiger partial charge in [0.25, 0.3) is 5.91 Å². The van der Waals surface area contributed by atoms with Crippen LogP contribution in [0.25, 0.3) is 0 Å². The Morgan fingerprint density at radius 3 is 2.93 bits per heavy atom. The lowest BCUT2D eigenvalue weighted by molar-refractivity contribution is -0.155. The predicted octanol–water partition coefficient (Wildman–Crippen LogP) is 3.28. The van der Waals surface area contributed by atoms with Crippen LogP contribution in [0.5, 0.6) is 11.5 Å². The fourth-order valence-electron chi connectivity index (χ4n) is 2.83. The third-order valence-electron chi connectivity index (χ3n) is 4.10. The van der Waals surface area contributed by atoms with Crippen molar-refractivity contribution < 1.29 is 23.8 Å². The topological polar surface area (TPSA) is 97.7 Å². The Labute approximate surface area is 166 Å². The molecule has 0 fully saturated rings. The number of fused-ring (bicyclic) bond motifs is 1. The van der Waals surface area contributed by atoms with E-state index in [-0.39, 0.29) is 12.2 Å². The molecule has 1 aromatic heterocycles. The van der Waals surface area contributed by atoms with Crippen LogP contribution in [-0.2, 0) is 20.7 Å². The number of hydrogen-bond donors (Lipinski definition) is 1. The maximum atomic E-state index is 12.2. The van der Waals surface area contributed by atoms with Gasteiger partial charge in [0.2, 0.25) is 0 Å². The second-order valence-electron chi connectivity index (χ2n) is 6.97. The molecule has 0 aliphatic carbocycles. The molecule has 8 heteroatoms. The fourth-order valence-corrected chi connectivity index (χ4v) is 3.57. The third-order valence-corrected chi connectivity index (χ3v) is 4.93. The molecule has 2 heterocycles. The van der Waals surface area contributed by atoms with Crippen LogP contribution in [0.2, 0.25) is 0 Å². The highest BCUT2D eigenvalue weighted by Crippen LogP contribution is 2.41. The van der Waals surface area contributed by atoms with Crippen molar-refractivity contribution in [2.45, 2.75) is 38.9 Å². The van der Waals surface area contributed by atoms with Gasteiger partial charge in [-0.15, -0.1) is 11.3 Å². The van der Waals surface area contributed by atoms with Gasteiger partial charge in [-0.05, 0) is 38.3 Å². The zero-order valence-electron chi connectivity index (χ0n) is 15.8. The van der Waals surface area contributed by atoms with E-state index in [0.29, 0.717) is 22.1 Å². The van der Waals surface area contributed by atoms with Crippen molar-refractivity contribution in [1.82, 2.24) is 0 Å². The first-order chi connectivity index (χ1) is 13.3. The second-order valence-corrected chi connectivity index (χ2v) is 7.88. The van der Waals surface area contributed by atoms with E-state index in [4.69, 9.17) is 19.5 Å². The van der Waals surface area contributed by atoms with Crippen LogP contribution in [0.15, 0.2) is 29.6 Å². The molecule has 2 aromatic rings. The number of amides is 1. The molecule has 1 atom stereocenters. The Hall–Kier alpha value is -3.05. The molecule has 1 aromatic carbocycles. The van der Waals surface area contributed by atoms with E-state index in [1.807, 2.05) is 32.0 Å². The van der Waals surface area contributed by atoms with E-state index < -0.39 is 18.0 Å². The number of carbonyl (C=O) groups excluding carboxylic acids is 2. The number of rotatable bonds is 6. The first kappa shape index (κ1) is 19.7. The molecule has 0 radical (unpaired) electrons. The molecule has 3 rings (SSSR count). The smallest absolute Gasteiger partial charge is 0.344 e. The number of thiophene rings is 1. The lowest BCUT2D eigenvalue weighted by Crippen LogP contribution is -2.31. The summed E-state index contributed by atoms with van der Waals surface area (Å²) in [6.07, 6.45) is -0.268. The van der Waals surface area contributed by atoms with Crippen LogP contribution in [-0.4, -0.2) is 30.2 Å². The number of ether oxygens (including phenoxy) is 3. The number of carbonyl (C=O) groups is 2. The standard InChI is InChI=1S/C20H20N2O5S/c1-12(18(24)22-19-14(10-21)7-8-28-19)26-16(23)11-25-15-6-4-5-13-9-20(2,3)27-17(13)15/h4-8,12H,9,11H2,1-3H3,(H,22,24). The summed E-state index contributed by atoms with van der Waals surface area (Å²) in [5, 5.41) is 13.7. The SMILES string of the molecule is CC(OC(=O)COc1cccc2c1OC(C)(C)C2)C(=O)Nc1sccc1C#N. The summed E-state index contributed by atoms with van der Waals surface area (Å²) in [5.74, 6) is -0.0932. The van der Waals surface area contributed by atoms with E-state index in [1.165, 1.54) is 18.3 Å². The van der Waals surface area contributed by atoms with Gasteiger partial charge in [-0.1, -0.05) is 12.1 Å². The van der Waals surface area contributed by atoms with E-state index in [0.717, 1.165) is 12.0 Å². The first-order valence-electron chi connectivity index (χ1n) is 8.71. The highest BCUT2D eigenvalue weighted by atomic mass is 32.1. The van der Waals surface area contributed by atoms with Crippen LogP contribution in [0.1, 0.15) is 31.9 Å². The van der Waals surface area contributed by atoms with Crippen molar-refractivity contribution in [1.29, 1.82) is 5.26 Å². The Morgan fingerprint density at radius 2 is 2.18 bits per heavy atom. The van der Waals surface area contributed by atoms with Crippen LogP contribution < -0.4 is 14.8 Å². The molecule has 0 saturated carbocycles. The summed E-state index contributed by atoms with van der Waals surface area (Å²) < 4.78 is 16.6. The molecule has 0 bridgehead atoms. The summed E-state index contributed by atoms with van der Waals surface area (Å²) in [6, 6.07) is 9.11. The maximum Gasteiger partial charge on any atom is 0.344 e. The van der Waals surface area contributed by atoms with Gasteiger partial charge in [0.1, 0.15) is 16.7 Å². The predicted molar refractivity (Wildman–Crippen MR) is 104 cm³/mol. The number of nitriles is 1. The Morgan fingerprint density at radius 1 is 1.39 bits per heavy atom. The highest BCUT2D eigenvalue weighted by Gasteiger charge is 2.32. The van der Waals surface area contributed by atoms with Crippen LogP contribution in [0.3, 0.4) is 0 Å². The summed E-state index contributed by atoms with van der Waals surface area (Å²) in [4.78, 5) is 24.2. The van der Waals surface area contributed by atoms with Gasteiger partial charge in [0, 0.05) is 12.0 Å². The minimum absolute atomic E-state index is 0.320. The Bertz CT molecular complexity index is 944. The highest BCUT2D eigenvalue weighted by molar-refractivity contribution is 7.14. The molecule has 7 nitrogen and oxygen atoms in total. The molecule has 0 spiro atoms. The summed E-state index contributed by atoms with van der Waals surface area (Å²) in [6.45, 7) is 5.08. The first-order valence-corrected chi connectivity index (χ1v) is 9.58. The number of esters is 1.